The van der Waals surface area contributed by atoms with E-state index in [9.17, 15) is 9.50 Å². The van der Waals surface area contributed by atoms with E-state index in [0.29, 0.717) is 27.6 Å². The van der Waals surface area contributed by atoms with E-state index < -0.39 is 11.9 Å². The molecule has 3 nitrogen and oxygen atoms in total. The summed E-state index contributed by atoms with van der Waals surface area (Å²) in [5.74, 6) is 0.570. The Morgan fingerprint density at radius 3 is 2.33 bits per heavy atom. The number of halogens is 2. The van der Waals surface area contributed by atoms with Gasteiger partial charge in [-0.05, 0) is 35.9 Å². The Morgan fingerprint density at radius 2 is 1.76 bits per heavy atom. The van der Waals surface area contributed by atoms with Crippen molar-refractivity contribution in [3.63, 3.8) is 0 Å². The summed E-state index contributed by atoms with van der Waals surface area (Å²) in [6.07, 6.45) is -0.896. The zero-order valence-electron chi connectivity index (χ0n) is 11.8. The van der Waals surface area contributed by atoms with Crippen LogP contribution in [0.15, 0.2) is 36.4 Å². The van der Waals surface area contributed by atoms with Crippen LogP contribution in [0.1, 0.15) is 17.2 Å². The lowest BCUT2D eigenvalue weighted by Gasteiger charge is -2.18. The minimum atomic E-state index is -0.968. The third-order valence-corrected chi connectivity index (χ3v) is 3.46. The van der Waals surface area contributed by atoms with Crippen LogP contribution in [0.4, 0.5) is 4.39 Å². The average Bonchev–Trinajstić information content (AvgIpc) is 2.49. The fourth-order valence-electron chi connectivity index (χ4n) is 2.22. The van der Waals surface area contributed by atoms with Gasteiger partial charge in [-0.15, -0.1) is 0 Å². The zero-order chi connectivity index (χ0) is 15.4. The molecule has 0 bridgehead atoms. The molecule has 2 aromatic rings. The van der Waals surface area contributed by atoms with Crippen molar-refractivity contribution < 1.29 is 19.0 Å². The van der Waals surface area contributed by atoms with Gasteiger partial charge in [-0.1, -0.05) is 17.7 Å². The topological polar surface area (TPSA) is 38.7 Å². The highest BCUT2D eigenvalue weighted by molar-refractivity contribution is 6.30. The van der Waals surface area contributed by atoms with Gasteiger partial charge in [0.2, 0.25) is 0 Å². The van der Waals surface area contributed by atoms with Crippen LogP contribution >= 0.6 is 11.6 Å². The summed E-state index contributed by atoms with van der Waals surface area (Å²) in [7, 11) is 3.01. The summed E-state index contributed by atoms with van der Waals surface area (Å²) in [4.78, 5) is 0. The molecule has 0 amide bonds. The van der Waals surface area contributed by atoms with Crippen molar-refractivity contribution in [3.05, 3.63) is 58.4 Å². The highest BCUT2D eigenvalue weighted by Gasteiger charge is 2.20. The average molecular weight is 311 g/mol. The van der Waals surface area contributed by atoms with Crippen molar-refractivity contribution in [2.75, 3.05) is 14.2 Å². The van der Waals surface area contributed by atoms with E-state index in [0.717, 1.165) is 0 Å². The number of aliphatic hydroxyl groups excluding tert-OH is 1. The summed E-state index contributed by atoms with van der Waals surface area (Å²) in [6.45, 7) is 0. The Balaban J connectivity index is 2.36. The highest BCUT2D eigenvalue weighted by Crippen LogP contribution is 2.36. The van der Waals surface area contributed by atoms with Crippen molar-refractivity contribution in [1.29, 1.82) is 0 Å². The molecule has 0 fully saturated rings. The van der Waals surface area contributed by atoms with Crippen LogP contribution in [0.3, 0.4) is 0 Å². The lowest BCUT2D eigenvalue weighted by Crippen LogP contribution is -2.07. The first-order valence-corrected chi connectivity index (χ1v) is 6.77. The molecule has 112 valence electrons. The molecule has 1 N–H and O–H groups in total. The number of rotatable bonds is 5. The standard InChI is InChI=1S/C16H16ClFO3/c1-20-14-4-3-5-15(21-2)16(14)13(19)9-10-8-11(17)6-7-12(10)18/h3-8,13,19H,9H2,1-2H3. The fraction of sp³-hybridized carbons (Fsp3) is 0.250. The van der Waals surface area contributed by atoms with E-state index in [2.05, 4.69) is 0 Å². The number of aliphatic hydroxyl groups is 1. The van der Waals surface area contributed by atoms with Crippen molar-refractivity contribution in [2.45, 2.75) is 12.5 Å². The molecule has 5 heteroatoms. The quantitative estimate of drug-likeness (QED) is 0.913. The molecule has 1 unspecified atom stereocenters. The summed E-state index contributed by atoms with van der Waals surface area (Å²) in [5.41, 5.74) is 0.824. The van der Waals surface area contributed by atoms with Crippen molar-refractivity contribution in [2.24, 2.45) is 0 Å². The molecule has 1 atom stereocenters. The van der Waals surface area contributed by atoms with Gasteiger partial charge in [-0.25, -0.2) is 4.39 Å². The fourth-order valence-corrected chi connectivity index (χ4v) is 2.41. The van der Waals surface area contributed by atoms with Crippen molar-refractivity contribution in [1.82, 2.24) is 0 Å². The van der Waals surface area contributed by atoms with Gasteiger partial charge >= 0.3 is 0 Å². The van der Waals surface area contributed by atoms with E-state index in [1.54, 1.807) is 18.2 Å². The second-order valence-corrected chi connectivity index (χ2v) is 4.97. The van der Waals surface area contributed by atoms with Gasteiger partial charge < -0.3 is 14.6 Å². The van der Waals surface area contributed by atoms with E-state index in [4.69, 9.17) is 21.1 Å². The van der Waals surface area contributed by atoms with Crippen LogP contribution in [0, 0.1) is 5.82 Å². The van der Waals surface area contributed by atoms with Crippen LogP contribution in [0.25, 0.3) is 0 Å². The van der Waals surface area contributed by atoms with E-state index >= 15 is 0 Å². The molecule has 21 heavy (non-hydrogen) atoms. The molecular weight excluding hydrogens is 295 g/mol. The zero-order valence-corrected chi connectivity index (χ0v) is 12.5. The third-order valence-electron chi connectivity index (χ3n) is 3.22. The van der Waals surface area contributed by atoms with Crippen LogP contribution in [-0.2, 0) is 6.42 Å². The monoisotopic (exact) mass is 310 g/mol. The summed E-state index contributed by atoms with van der Waals surface area (Å²) >= 11 is 5.87. The summed E-state index contributed by atoms with van der Waals surface area (Å²) < 4.78 is 24.3. The van der Waals surface area contributed by atoms with E-state index in [-0.39, 0.29) is 6.42 Å². The number of hydrogen-bond acceptors (Lipinski definition) is 3. The summed E-state index contributed by atoms with van der Waals surface area (Å²) in [6, 6.07) is 9.45. The second kappa shape index (κ2) is 6.78. The lowest BCUT2D eigenvalue weighted by atomic mass is 9.99. The van der Waals surface area contributed by atoms with Crippen molar-refractivity contribution >= 4 is 11.6 Å². The third kappa shape index (κ3) is 3.46. The Morgan fingerprint density at radius 1 is 1.14 bits per heavy atom. The largest absolute Gasteiger partial charge is 0.496 e. The van der Waals surface area contributed by atoms with Gasteiger partial charge in [0.05, 0.1) is 25.9 Å². The van der Waals surface area contributed by atoms with E-state index in [1.165, 1.54) is 32.4 Å². The van der Waals surface area contributed by atoms with Gasteiger partial charge in [-0.3, -0.25) is 0 Å². The van der Waals surface area contributed by atoms with Crippen LogP contribution in [-0.4, -0.2) is 19.3 Å². The highest BCUT2D eigenvalue weighted by atomic mass is 35.5. The van der Waals surface area contributed by atoms with Gasteiger partial charge in [0, 0.05) is 11.4 Å². The molecule has 0 radical (unpaired) electrons. The van der Waals surface area contributed by atoms with Gasteiger partial charge in [0.25, 0.3) is 0 Å². The molecular formula is C16H16ClFO3. The van der Waals surface area contributed by atoms with Crippen molar-refractivity contribution in [3.8, 4) is 11.5 Å². The first-order chi connectivity index (χ1) is 10.1. The van der Waals surface area contributed by atoms with Crippen LogP contribution in [0.5, 0.6) is 11.5 Å². The Labute approximate surface area is 127 Å². The Bertz CT molecular complexity index is 609. The first kappa shape index (κ1) is 15.6. The maximum Gasteiger partial charge on any atom is 0.128 e. The SMILES string of the molecule is COc1cccc(OC)c1C(O)Cc1cc(Cl)ccc1F. The van der Waals surface area contributed by atoms with Crippen LogP contribution < -0.4 is 9.47 Å². The normalized spacial score (nSPS) is 12.0. The number of benzene rings is 2. The molecule has 2 aromatic carbocycles. The Kier molecular flexibility index (Phi) is 5.04. The molecule has 0 spiro atoms. The smallest absolute Gasteiger partial charge is 0.128 e. The van der Waals surface area contributed by atoms with E-state index in [1.807, 2.05) is 0 Å². The second-order valence-electron chi connectivity index (χ2n) is 4.53. The minimum Gasteiger partial charge on any atom is -0.496 e. The summed E-state index contributed by atoms with van der Waals surface area (Å²) in [5, 5.41) is 10.9. The first-order valence-electron chi connectivity index (χ1n) is 6.39. The van der Waals surface area contributed by atoms with Gasteiger partial charge in [-0.2, -0.15) is 0 Å². The molecule has 0 saturated heterocycles. The number of methoxy groups -OCH3 is 2. The predicted octanol–water partition coefficient (Wildman–Crippen LogP) is 3.77. The number of ether oxygens (including phenoxy) is 2. The van der Waals surface area contributed by atoms with Gasteiger partial charge in [0.1, 0.15) is 17.3 Å². The molecule has 0 aliphatic heterocycles. The molecule has 0 heterocycles. The maximum atomic E-state index is 13.8. The van der Waals surface area contributed by atoms with Crippen LogP contribution in [0.2, 0.25) is 5.02 Å². The molecule has 0 aliphatic rings. The Hall–Kier alpha value is -1.78. The van der Waals surface area contributed by atoms with Gasteiger partial charge in [0.15, 0.2) is 0 Å². The molecule has 0 saturated carbocycles. The minimum absolute atomic E-state index is 0.0725. The number of hydrogen-bond donors (Lipinski definition) is 1. The molecule has 0 aliphatic carbocycles. The predicted molar refractivity (Wildman–Crippen MR) is 79.6 cm³/mol. The lowest BCUT2D eigenvalue weighted by molar-refractivity contribution is 0.168. The molecule has 2 rings (SSSR count). The maximum absolute atomic E-state index is 13.8. The molecule has 0 aromatic heterocycles.